The fourth-order valence-corrected chi connectivity index (χ4v) is 5.52. The highest BCUT2D eigenvalue weighted by molar-refractivity contribution is 6.25. The van der Waals surface area contributed by atoms with E-state index in [1.54, 1.807) is 6.07 Å². The molecule has 0 fully saturated rings. The fourth-order valence-electron chi connectivity index (χ4n) is 5.52. The summed E-state index contributed by atoms with van der Waals surface area (Å²) in [7, 11) is 2.09. The molecular formula is C28H26FN2+. The van der Waals surface area contributed by atoms with Gasteiger partial charge in [0.25, 0.3) is 0 Å². The monoisotopic (exact) mass is 409 g/mol. The van der Waals surface area contributed by atoms with Crippen LogP contribution in [0.3, 0.4) is 0 Å². The first-order valence-corrected chi connectivity index (χ1v) is 10.9. The van der Waals surface area contributed by atoms with Gasteiger partial charge in [-0.3, -0.25) is 0 Å². The fraction of sp³-hybridized carbons (Fsp3) is 0.250. The molecule has 0 bridgehead atoms. The quantitative estimate of drug-likeness (QED) is 0.159. The third-order valence-corrected chi connectivity index (χ3v) is 6.58. The molecule has 31 heavy (non-hydrogen) atoms. The molecule has 0 aliphatic carbocycles. The first kappa shape index (κ1) is 18.6. The minimum Gasteiger partial charge on any atom is -0.307 e. The number of pyridine rings is 2. The lowest BCUT2D eigenvalue weighted by atomic mass is 9.87. The van der Waals surface area contributed by atoms with Gasteiger partial charge < -0.3 is 4.40 Å². The van der Waals surface area contributed by atoms with E-state index in [0.29, 0.717) is 0 Å². The topological polar surface area (TPSA) is 8.29 Å². The van der Waals surface area contributed by atoms with Crippen molar-refractivity contribution in [3.63, 3.8) is 0 Å². The normalized spacial score (nSPS) is 13.0. The van der Waals surface area contributed by atoms with E-state index in [0.717, 1.165) is 44.7 Å². The number of nitrogens with zero attached hydrogens (tertiary/aromatic N) is 2. The summed E-state index contributed by atoms with van der Waals surface area (Å²) in [6.45, 7) is 8.85. The summed E-state index contributed by atoms with van der Waals surface area (Å²) < 4.78 is 19.9. The number of aryl methyl sites for hydroxylation is 2. The SMILES string of the molecule is Cc1cc(F)c2c3ccccc3n3c4cc(CC(C)(C)C)cc5cc[n+](C)c(c1c23)c54. The number of halogens is 1. The van der Waals surface area contributed by atoms with Crippen LogP contribution in [-0.2, 0) is 13.5 Å². The van der Waals surface area contributed by atoms with E-state index in [9.17, 15) is 0 Å². The van der Waals surface area contributed by atoms with Gasteiger partial charge in [-0.05, 0) is 53.5 Å². The summed E-state index contributed by atoms with van der Waals surface area (Å²) in [4.78, 5) is 0. The van der Waals surface area contributed by atoms with E-state index in [4.69, 9.17) is 0 Å². The van der Waals surface area contributed by atoms with Crippen LogP contribution < -0.4 is 4.57 Å². The molecule has 0 aliphatic rings. The lowest BCUT2D eigenvalue weighted by molar-refractivity contribution is -0.643. The molecule has 6 rings (SSSR count). The van der Waals surface area contributed by atoms with Crippen molar-refractivity contribution in [3.8, 4) is 0 Å². The third kappa shape index (κ3) is 2.46. The predicted molar refractivity (Wildman–Crippen MR) is 128 cm³/mol. The van der Waals surface area contributed by atoms with Crippen LogP contribution in [0, 0.1) is 18.2 Å². The van der Waals surface area contributed by atoms with Crippen molar-refractivity contribution in [2.24, 2.45) is 12.5 Å². The largest absolute Gasteiger partial charge is 0.307 e. The van der Waals surface area contributed by atoms with Gasteiger partial charge in [-0.15, -0.1) is 0 Å². The Hall–Kier alpha value is -3.20. The molecule has 3 aromatic heterocycles. The van der Waals surface area contributed by atoms with Crippen molar-refractivity contribution in [1.82, 2.24) is 4.40 Å². The molecule has 0 aliphatic heterocycles. The Morgan fingerprint density at radius 3 is 2.48 bits per heavy atom. The lowest BCUT2D eigenvalue weighted by Gasteiger charge is -2.20. The maximum Gasteiger partial charge on any atom is 0.224 e. The van der Waals surface area contributed by atoms with Crippen LogP contribution in [0.2, 0.25) is 0 Å². The maximum atomic E-state index is 15.4. The Labute approximate surface area is 180 Å². The molecule has 6 aromatic rings. The molecule has 0 saturated carbocycles. The lowest BCUT2D eigenvalue weighted by Crippen LogP contribution is -2.29. The van der Waals surface area contributed by atoms with E-state index in [2.05, 4.69) is 67.2 Å². The highest BCUT2D eigenvalue weighted by Crippen LogP contribution is 2.42. The minimum absolute atomic E-state index is 0.143. The molecule has 0 spiro atoms. The van der Waals surface area contributed by atoms with Crippen LogP contribution in [0.15, 0.2) is 54.7 Å². The van der Waals surface area contributed by atoms with E-state index in [-0.39, 0.29) is 11.2 Å². The molecule has 0 N–H and O–H groups in total. The summed E-state index contributed by atoms with van der Waals surface area (Å²) in [6, 6.07) is 16.8. The van der Waals surface area contributed by atoms with Gasteiger partial charge in [0.1, 0.15) is 12.9 Å². The summed E-state index contributed by atoms with van der Waals surface area (Å²) in [5.41, 5.74) is 6.86. The molecule has 3 heterocycles. The smallest absolute Gasteiger partial charge is 0.224 e. The van der Waals surface area contributed by atoms with Gasteiger partial charge in [-0.1, -0.05) is 45.0 Å². The Morgan fingerprint density at radius 2 is 1.71 bits per heavy atom. The molecule has 0 saturated heterocycles. The zero-order valence-electron chi connectivity index (χ0n) is 18.7. The molecule has 154 valence electrons. The van der Waals surface area contributed by atoms with E-state index >= 15 is 4.39 Å². The standard InChI is InChI=1S/C28H26FN2/c1-16-12-20(29)25-19-8-6-7-9-21(19)31-22-14-17(15-28(2,3)4)13-18-10-11-30(5)26(24(18)22)23(16)27(25)31/h6-14H,15H2,1-5H3/q+1. The molecule has 0 atom stereocenters. The highest BCUT2D eigenvalue weighted by Gasteiger charge is 2.26. The number of para-hydroxylation sites is 1. The zero-order valence-corrected chi connectivity index (χ0v) is 18.7. The van der Waals surface area contributed by atoms with E-state index in [1.165, 1.54) is 21.9 Å². The van der Waals surface area contributed by atoms with Crippen molar-refractivity contribution in [2.75, 3.05) is 0 Å². The summed E-state index contributed by atoms with van der Waals surface area (Å²) in [5, 5.41) is 5.32. The summed E-state index contributed by atoms with van der Waals surface area (Å²) in [5.74, 6) is -0.143. The Balaban J connectivity index is 1.99. The van der Waals surface area contributed by atoms with Crippen molar-refractivity contribution in [2.45, 2.75) is 34.1 Å². The van der Waals surface area contributed by atoms with Gasteiger partial charge in [-0.2, -0.15) is 0 Å². The Bertz CT molecular complexity index is 1660. The number of rotatable bonds is 1. The first-order valence-electron chi connectivity index (χ1n) is 10.9. The number of aromatic nitrogens is 2. The number of hydrogen-bond acceptors (Lipinski definition) is 0. The van der Waals surface area contributed by atoms with Gasteiger partial charge in [0.15, 0.2) is 6.20 Å². The third-order valence-electron chi connectivity index (χ3n) is 6.58. The Kier molecular flexibility index (Phi) is 3.56. The highest BCUT2D eigenvalue weighted by atomic mass is 19.1. The van der Waals surface area contributed by atoms with Crippen LogP contribution >= 0.6 is 0 Å². The number of benzene rings is 3. The number of fused-ring (bicyclic) bond motifs is 5. The van der Waals surface area contributed by atoms with E-state index in [1.807, 2.05) is 25.1 Å². The average molecular weight is 410 g/mol. The molecule has 3 heteroatoms. The van der Waals surface area contributed by atoms with Crippen LogP contribution in [0.5, 0.6) is 0 Å². The second-order valence-corrected chi connectivity index (χ2v) is 10.2. The van der Waals surface area contributed by atoms with Crippen molar-refractivity contribution in [3.05, 3.63) is 71.7 Å². The molecule has 3 aromatic carbocycles. The Morgan fingerprint density at radius 1 is 0.935 bits per heavy atom. The van der Waals surface area contributed by atoms with Crippen LogP contribution in [0.25, 0.3) is 49.0 Å². The molecule has 0 amide bonds. The van der Waals surface area contributed by atoms with E-state index < -0.39 is 0 Å². The van der Waals surface area contributed by atoms with Gasteiger partial charge in [0, 0.05) is 16.8 Å². The first-order chi connectivity index (χ1) is 14.7. The molecule has 0 radical (unpaired) electrons. The minimum atomic E-state index is -0.143. The molecule has 0 unspecified atom stereocenters. The predicted octanol–water partition coefficient (Wildman–Crippen LogP) is 6.85. The van der Waals surface area contributed by atoms with Crippen molar-refractivity contribution < 1.29 is 8.96 Å². The summed E-state index contributed by atoms with van der Waals surface area (Å²) in [6.07, 6.45) is 3.12. The zero-order chi connectivity index (χ0) is 21.7. The van der Waals surface area contributed by atoms with Crippen molar-refractivity contribution >= 4 is 49.0 Å². The van der Waals surface area contributed by atoms with Crippen molar-refractivity contribution in [1.29, 1.82) is 0 Å². The average Bonchev–Trinajstić information content (AvgIpc) is 3.04. The van der Waals surface area contributed by atoms with Crippen LogP contribution in [0.1, 0.15) is 31.9 Å². The summed E-state index contributed by atoms with van der Waals surface area (Å²) >= 11 is 0. The van der Waals surface area contributed by atoms with Gasteiger partial charge in [0.2, 0.25) is 5.52 Å². The van der Waals surface area contributed by atoms with Gasteiger partial charge >= 0.3 is 0 Å². The van der Waals surface area contributed by atoms with Gasteiger partial charge in [0.05, 0.1) is 27.3 Å². The van der Waals surface area contributed by atoms with Crippen LogP contribution in [-0.4, -0.2) is 4.40 Å². The second-order valence-electron chi connectivity index (χ2n) is 10.2. The molecular weight excluding hydrogens is 383 g/mol. The van der Waals surface area contributed by atoms with Crippen LogP contribution in [0.4, 0.5) is 4.39 Å². The maximum absolute atomic E-state index is 15.4. The molecule has 2 nitrogen and oxygen atoms in total. The van der Waals surface area contributed by atoms with Gasteiger partial charge in [-0.25, -0.2) is 8.96 Å². The second kappa shape index (κ2) is 5.94. The number of hydrogen-bond donors (Lipinski definition) is 0.